The van der Waals surface area contributed by atoms with Crippen molar-refractivity contribution >= 4 is 54.8 Å². The van der Waals surface area contributed by atoms with Crippen LogP contribution in [0.15, 0.2) is 28.1 Å². The number of hydrogen-bond donors (Lipinski definition) is 0. The normalized spacial score (nSPS) is 12.5. The molecule has 0 spiro atoms. The number of methoxy groups -OCH3 is 1. The highest BCUT2D eigenvalue weighted by atomic mass is 79.9. The molecule has 0 aliphatic carbocycles. The molecular formula is C12H8Br2ClFOS. The number of alkyl halides is 1. The number of benzene rings is 1. The van der Waals surface area contributed by atoms with Crippen LogP contribution < -0.4 is 4.74 Å². The second-order valence-corrected chi connectivity index (χ2v) is 7.24. The van der Waals surface area contributed by atoms with E-state index in [-0.39, 0.29) is 10.6 Å². The monoisotopic (exact) mass is 412 g/mol. The molecule has 0 amide bonds. The lowest BCUT2D eigenvalue weighted by Gasteiger charge is -2.10. The second-order valence-electron chi connectivity index (χ2n) is 3.52. The fourth-order valence-corrected chi connectivity index (χ4v) is 4.01. The van der Waals surface area contributed by atoms with Crippen LogP contribution in [0, 0.1) is 5.82 Å². The van der Waals surface area contributed by atoms with Gasteiger partial charge < -0.3 is 4.74 Å². The first-order valence-corrected chi connectivity index (χ1v) is 7.85. The van der Waals surface area contributed by atoms with Crippen molar-refractivity contribution in [3.8, 4) is 5.75 Å². The summed E-state index contributed by atoms with van der Waals surface area (Å²) in [7, 11) is 1.51. The van der Waals surface area contributed by atoms with Gasteiger partial charge in [0.2, 0.25) is 0 Å². The molecule has 1 nitrogen and oxygen atoms in total. The minimum absolute atomic E-state index is 0.225. The van der Waals surface area contributed by atoms with Crippen molar-refractivity contribution in [2.24, 2.45) is 0 Å². The smallest absolute Gasteiger partial charge is 0.131 e. The molecule has 0 bridgehead atoms. The van der Waals surface area contributed by atoms with E-state index in [1.807, 2.05) is 6.07 Å². The van der Waals surface area contributed by atoms with Crippen molar-refractivity contribution in [3.05, 3.63) is 49.3 Å². The lowest BCUT2D eigenvalue weighted by Crippen LogP contribution is -1.95. The highest BCUT2D eigenvalue weighted by molar-refractivity contribution is 9.11. The Hall–Kier alpha value is -0.100. The van der Waals surface area contributed by atoms with Gasteiger partial charge in [0, 0.05) is 16.5 Å². The topological polar surface area (TPSA) is 9.23 Å². The summed E-state index contributed by atoms with van der Waals surface area (Å²) in [5.74, 6) is 0.193. The maximum absolute atomic E-state index is 13.9. The summed E-state index contributed by atoms with van der Waals surface area (Å²) < 4.78 is 19.8. The number of halogens is 4. The highest BCUT2D eigenvalue weighted by Crippen LogP contribution is 2.42. The molecule has 6 heteroatoms. The van der Waals surface area contributed by atoms with Gasteiger partial charge in [-0.05, 0) is 28.1 Å². The summed E-state index contributed by atoms with van der Waals surface area (Å²) in [4.78, 5) is 0.716. The molecule has 0 fully saturated rings. The lowest BCUT2D eigenvalue weighted by molar-refractivity contribution is 0.411. The fourth-order valence-electron chi connectivity index (χ4n) is 1.48. The van der Waals surface area contributed by atoms with E-state index in [1.165, 1.54) is 24.5 Å². The molecule has 2 aromatic rings. The van der Waals surface area contributed by atoms with Crippen molar-refractivity contribution in [1.82, 2.24) is 0 Å². The summed E-state index contributed by atoms with van der Waals surface area (Å²) in [5.41, 5.74) is 0.557. The Morgan fingerprint density at radius 2 is 2.11 bits per heavy atom. The standard InChI is InChI=1S/C12H8Br2ClFOS/c1-17-6-2-3-7(9(16)4-6)11(13)10-5-8(15)12(14)18-10/h2-5,11H,1H3. The van der Waals surface area contributed by atoms with Gasteiger partial charge >= 0.3 is 0 Å². The van der Waals surface area contributed by atoms with Gasteiger partial charge in [0.05, 0.1) is 20.7 Å². The molecule has 0 aliphatic heterocycles. The first kappa shape index (κ1) is 14.3. The summed E-state index contributed by atoms with van der Waals surface area (Å²) in [5, 5.41) is 0.633. The van der Waals surface area contributed by atoms with Gasteiger partial charge in [0.15, 0.2) is 0 Å². The van der Waals surface area contributed by atoms with Gasteiger partial charge in [-0.25, -0.2) is 4.39 Å². The Balaban J connectivity index is 2.36. The molecule has 0 radical (unpaired) electrons. The second kappa shape index (κ2) is 5.90. The zero-order valence-corrected chi connectivity index (χ0v) is 14.0. The fraction of sp³-hybridized carbons (Fsp3) is 0.167. The molecule has 0 aliphatic rings. The molecule has 0 N–H and O–H groups in total. The SMILES string of the molecule is COc1ccc(C(Br)c2cc(Cl)c(Br)s2)c(F)c1. The van der Waals surface area contributed by atoms with E-state index in [1.54, 1.807) is 12.1 Å². The summed E-state index contributed by atoms with van der Waals surface area (Å²) in [6.07, 6.45) is 0. The predicted octanol–water partition coefficient (Wildman–Crippen LogP) is 5.80. The zero-order chi connectivity index (χ0) is 13.3. The van der Waals surface area contributed by atoms with Crippen LogP contribution in [0.4, 0.5) is 4.39 Å². The van der Waals surface area contributed by atoms with Crippen LogP contribution in [0.2, 0.25) is 5.02 Å². The van der Waals surface area contributed by atoms with Gasteiger partial charge in [-0.15, -0.1) is 11.3 Å². The Kier molecular flexibility index (Phi) is 4.69. The average molecular weight is 415 g/mol. The van der Waals surface area contributed by atoms with E-state index < -0.39 is 0 Å². The molecule has 1 aromatic heterocycles. The number of rotatable bonds is 3. The third-order valence-electron chi connectivity index (χ3n) is 2.39. The predicted molar refractivity (Wildman–Crippen MR) is 80.8 cm³/mol. The third kappa shape index (κ3) is 2.90. The summed E-state index contributed by atoms with van der Waals surface area (Å²) in [6, 6.07) is 6.62. The summed E-state index contributed by atoms with van der Waals surface area (Å²) in [6.45, 7) is 0. The molecule has 1 aromatic carbocycles. The minimum atomic E-state index is -0.308. The quantitative estimate of drug-likeness (QED) is 0.577. The van der Waals surface area contributed by atoms with E-state index >= 15 is 0 Å². The Morgan fingerprint density at radius 1 is 1.39 bits per heavy atom. The number of thiophene rings is 1. The molecular weight excluding hydrogens is 406 g/mol. The zero-order valence-electron chi connectivity index (χ0n) is 9.22. The summed E-state index contributed by atoms with van der Waals surface area (Å²) >= 11 is 14.3. The molecule has 1 unspecified atom stereocenters. The third-order valence-corrected chi connectivity index (χ3v) is 6.22. The van der Waals surface area contributed by atoms with E-state index in [4.69, 9.17) is 16.3 Å². The number of ether oxygens (including phenoxy) is 1. The highest BCUT2D eigenvalue weighted by Gasteiger charge is 2.18. The molecule has 1 atom stereocenters. The van der Waals surface area contributed by atoms with Crippen LogP contribution in [0.3, 0.4) is 0 Å². The van der Waals surface area contributed by atoms with Gasteiger partial charge in [-0.1, -0.05) is 33.6 Å². The molecule has 0 saturated carbocycles. The van der Waals surface area contributed by atoms with Gasteiger partial charge in [-0.3, -0.25) is 0 Å². The van der Waals surface area contributed by atoms with E-state index in [0.29, 0.717) is 16.3 Å². The minimum Gasteiger partial charge on any atom is -0.497 e. The van der Waals surface area contributed by atoms with Gasteiger partial charge in [-0.2, -0.15) is 0 Å². The molecule has 1 heterocycles. The van der Waals surface area contributed by atoms with Crippen LogP contribution in [0.5, 0.6) is 5.75 Å². The van der Waals surface area contributed by atoms with Crippen molar-refractivity contribution in [1.29, 1.82) is 0 Å². The van der Waals surface area contributed by atoms with Gasteiger partial charge in [0.25, 0.3) is 0 Å². The molecule has 96 valence electrons. The maximum Gasteiger partial charge on any atom is 0.131 e. The van der Waals surface area contributed by atoms with Crippen LogP contribution in [0.25, 0.3) is 0 Å². The lowest BCUT2D eigenvalue weighted by atomic mass is 10.1. The van der Waals surface area contributed by atoms with Crippen molar-refractivity contribution in [2.75, 3.05) is 7.11 Å². The molecule has 0 saturated heterocycles. The Labute approximate surface area is 130 Å². The molecule has 18 heavy (non-hydrogen) atoms. The van der Waals surface area contributed by atoms with E-state index in [9.17, 15) is 4.39 Å². The average Bonchev–Trinajstić information content (AvgIpc) is 2.68. The van der Waals surface area contributed by atoms with Crippen LogP contribution in [-0.2, 0) is 0 Å². The van der Waals surface area contributed by atoms with Crippen LogP contribution >= 0.6 is 54.8 Å². The maximum atomic E-state index is 13.9. The molecule has 2 rings (SSSR count). The first-order valence-electron chi connectivity index (χ1n) is 4.95. The first-order chi connectivity index (χ1) is 8.52. The van der Waals surface area contributed by atoms with Crippen molar-refractivity contribution in [2.45, 2.75) is 4.83 Å². The number of hydrogen-bond acceptors (Lipinski definition) is 2. The van der Waals surface area contributed by atoms with Gasteiger partial charge in [0.1, 0.15) is 11.6 Å². The van der Waals surface area contributed by atoms with Crippen LogP contribution in [-0.4, -0.2) is 7.11 Å². The Morgan fingerprint density at radius 3 is 2.61 bits per heavy atom. The van der Waals surface area contributed by atoms with Crippen LogP contribution in [0.1, 0.15) is 15.3 Å². The Bertz CT molecular complexity index is 554. The largest absolute Gasteiger partial charge is 0.497 e. The van der Waals surface area contributed by atoms with E-state index in [2.05, 4.69) is 31.9 Å². The van der Waals surface area contributed by atoms with E-state index in [0.717, 1.165) is 8.66 Å². The van der Waals surface area contributed by atoms with Crippen molar-refractivity contribution in [3.63, 3.8) is 0 Å². The van der Waals surface area contributed by atoms with Crippen molar-refractivity contribution < 1.29 is 9.13 Å².